The lowest BCUT2D eigenvalue weighted by Gasteiger charge is -2.10. The van der Waals surface area contributed by atoms with Crippen LogP contribution in [0.3, 0.4) is 0 Å². The predicted octanol–water partition coefficient (Wildman–Crippen LogP) is 14.4. The monoisotopic (exact) mass is 791 g/mol. The number of hydrogen-bond acceptors (Lipinski definition) is 3. The van der Waals surface area contributed by atoms with Gasteiger partial charge in [0.15, 0.2) is 17.5 Å². The summed E-state index contributed by atoms with van der Waals surface area (Å²) < 4.78 is 4.70. The van der Waals surface area contributed by atoms with Crippen LogP contribution < -0.4 is 0 Å². The second-order valence-corrected chi connectivity index (χ2v) is 15.7. The number of rotatable bonds is 7. The van der Waals surface area contributed by atoms with Crippen molar-refractivity contribution in [3.8, 4) is 67.8 Å². The minimum Gasteiger partial charge on any atom is -0.309 e. The lowest BCUT2D eigenvalue weighted by molar-refractivity contribution is 1.07. The van der Waals surface area contributed by atoms with E-state index in [1.54, 1.807) is 0 Å². The first kappa shape index (κ1) is 35.5. The Hall–Kier alpha value is -8.41. The molecule has 0 atom stereocenters. The van der Waals surface area contributed by atoms with Crippen molar-refractivity contribution >= 4 is 43.6 Å². The highest BCUT2D eigenvalue weighted by molar-refractivity contribution is 6.13. The fourth-order valence-electron chi connectivity index (χ4n) is 9.01. The van der Waals surface area contributed by atoms with Gasteiger partial charge in [0.2, 0.25) is 0 Å². The molecule has 3 heterocycles. The van der Waals surface area contributed by atoms with Gasteiger partial charge in [0.05, 0.1) is 22.1 Å². The van der Waals surface area contributed by atoms with Gasteiger partial charge in [-0.15, -0.1) is 0 Å². The summed E-state index contributed by atoms with van der Waals surface area (Å²) in [7, 11) is 0. The van der Waals surface area contributed by atoms with Crippen molar-refractivity contribution < 1.29 is 0 Å². The molecule has 12 rings (SSSR count). The smallest absolute Gasteiger partial charge is 0.164 e. The Morgan fingerprint density at radius 2 is 0.500 bits per heavy atom. The maximum atomic E-state index is 5.30. The van der Waals surface area contributed by atoms with E-state index in [0.717, 1.165) is 60.9 Å². The second-order valence-electron chi connectivity index (χ2n) is 15.7. The highest BCUT2D eigenvalue weighted by atomic mass is 15.0. The number of para-hydroxylation sites is 2. The first-order valence-corrected chi connectivity index (χ1v) is 20.9. The summed E-state index contributed by atoms with van der Waals surface area (Å²) in [5, 5.41) is 4.60. The zero-order valence-electron chi connectivity index (χ0n) is 33.6. The lowest BCUT2D eigenvalue weighted by atomic mass is 10.0. The molecule has 0 fully saturated rings. The standard InChI is InChI=1S/C57H37N5/c1-6-16-38(17-7-1)41-26-30-51-47(34-41)49-36-43(28-32-53(49)61(51)45-22-12-4-13-23-45)56-58-55(40-20-10-3-11-21-40)59-57(60-56)44-29-33-54-50(37-44)48-35-42(39-18-8-2-9-19-39)27-31-52(48)62(54)46-24-14-5-15-25-46/h1-37H. The van der Waals surface area contributed by atoms with Gasteiger partial charge in [0.25, 0.3) is 0 Å². The molecule has 12 aromatic rings. The van der Waals surface area contributed by atoms with Gasteiger partial charge in [0.1, 0.15) is 0 Å². The molecule has 9 aromatic carbocycles. The van der Waals surface area contributed by atoms with E-state index in [1.807, 2.05) is 18.2 Å². The molecule has 5 heteroatoms. The fourth-order valence-corrected chi connectivity index (χ4v) is 9.01. The Morgan fingerprint density at radius 3 is 0.855 bits per heavy atom. The number of aromatic nitrogens is 5. The molecule has 0 saturated carbocycles. The van der Waals surface area contributed by atoms with Gasteiger partial charge in [-0.05, 0) is 107 Å². The van der Waals surface area contributed by atoms with E-state index in [0.29, 0.717) is 17.5 Å². The molecule has 0 N–H and O–H groups in total. The van der Waals surface area contributed by atoms with Crippen molar-refractivity contribution in [3.63, 3.8) is 0 Å². The van der Waals surface area contributed by atoms with E-state index in [9.17, 15) is 0 Å². The molecule has 0 aliphatic rings. The lowest BCUT2D eigenvalue weighted by Crippen LogP contribution is -2.00. The third-order valence-corrected chi connectivity index (χ3v) is 12.0. The normalized spacial score (nSPS) is 11.5. The zero-order chi connectivity index (χ0) is 41.0. The van der Waals surface area contributed by atoms with E-state index in [4.69, 9.17) is 15.0 Å². The largest absolute Gasteiger partial charge is 0.309 e. The predicted molar refractivity (Wildman–Crippen MR) is 256 cm³/mol. The maximum Gasteiger partial charge on any atom is 0.164 e. The van der Waals surface area contributed by atoms with Gasteiger partial charge >= 0.3 is 0 Å². The quantitative estimate of drug-likeness (QED) is 0.162. The summed E-state index contributed by atoms with van der Waals surface area (Å²) in [4.78, 5) is 15.7. The van der Waals surface area contributed by atoms with Gasteiger partial charge in [-0.1, -0.05) is 140 Å². The topological polar surface area (TPSA) is 48.5 Å². The van der Waals surface area contributed by atoms with Gasteiger partial charge in [-0.2, -0.15) is 0 Å². The van der Waals surface area contributed by atoms with Crippen LogP contribution in [0.5, 0.6) is 0 Å². The molecule has 0 amide bonds. The third-order valence-electron chi connectivity index (χ3n) is 12.0. The van der Waals surface area contributed by atoms with Gasteiger partial charge in [-0.25, -0.2) is 15.0 Å². The first-order valence-electron chi connectivity index (χ1n) is 20.9. The molecule has 0 aliphatic carbocycles. The Labute approximate surface area is 358 Å². The van der Waals surface area contributed by atoms with E-state index in [-0.39, 0.29) is 0 Å². The Balaban J connectivity index is 1.07. The fraction of sp³-hybridized carbons (Fsp3) is 0. The van der Waals surface area contributed by atoms with Crippen LogP contribution in [0.4, 0.5) is 0 Å². The van der Waals surface area contributed by atoms with Crippen LogP contribution in [0.1, 0.15) is 0 Å². The summed E-state index contributed by atoms with van der Waals surface area (Å²) in [5.41, 5.74) is 14.2. The summed E-state index contributed by atoms with van der Waals surface area (Å²) in [6.45, 7) is 0. The van der Waals surface area contributed by atoms with Crippen LogP contribution in [0.2, 0.25) is 0 Å². The summed E-state index contributed by atoms with van der Waals surface area (Å²) >= 11 is 0. The van der Waals surface area contributed by atoms with Crippen LogP contribution in [-0.2, 0) is 0 Å². The number of benzene rings is 9. The van der Waals surface area contributed by atoms with Gasteiger partial charge in [0, 0.05) is 49.6 Å². The minimum atomic E-state index is 0.619. The van der Waals surface area contributed by atoms with E-state index in [1.165, 1.54) is 33.0 Å². The van der Waals surface area contributed by atoms with Crippen LogP contribution in [0.15, 0.2) is 224 Å². The van der Waals surface area contributed by atoms with Crippen molar-refractivity contribution in [1.29, 1.82) is 0 Å². The van der Waals surface area contributed by atoms with Crippen LogP contribution in [0.25, 0.3) is 111 Å². The average Bonchev–Trinajstić information content (AvgIpc) is 3.86. The molecular formula is C57H37N5. The van der Waals surface area contributed by atoms with Gasteiger partial charge < -0.3 is 9.13 Å². The molecule has 5 nitrogen and oxygen atoms in total. The van der Waals surface area contributed by atoms with Crippen LogP contribution in [-0.4, -0.2) is 24.1 Å². The Kier molecular flexibility index (Phi) is 8.42. The molecule has 0 radical (unpaired) electrons. The molecular weight excluding hydrogens is 755 g/mol. The molecule has 0 aliphatic heterocycles. The van der Waals surface area contributed by atoms with E-state index < -0.39 is 0 Å². The highest BCUT2D eigenvalue weighted by Crippen LogP contribution is 2.39. The molecule has 0 bridgehead atoms. The second kappa shape index (κ2) is 14.7. The number of fused-ring (bicyclic) bond motifs is 6. The molecule has 0 saturated heterocycles. The van der Waals surface area contributed by atoms with Crippen molar-refractivity contribution in [2.75, 3.05) is 0 Å². The maximum absolute atomic E-state index is 5.30. The Morgan fingerprint density at radius 1 is 0.226 bits per heavy atom. The van der Waals surface area contributed by atoms with E-state index >= 15 is 0 Å². The first-order chi connectivity index (χ1) is 30.7. The van der Waals surface area contributed by atoms with Crippen LogP contribution >= 0.6 is 0 Å². The Bertz CT molecular complexity index is 3380. The average molecular weight is 792 g/mol. The van der Waals surface area contributed by atoms with Gasteiger partial charge in [-0.3, -0.25) is 0 Å². The zero-order valence-corrected chi connectivity index (χ0v) is 33.6. The molecule has 290 valence electrons. The van der Waals surface area contributed by atoms with Crippen LogP contribution in [0, 0.1) is 0 Å². The third kappa shape index (κ3) is 6.06. The van der Waals surface area contributed by atoms with Crippen molar-refractivity contribution in [3.05, 3.63) is 224 Å². The van der Waals surface area contributed by atoms with Crippen molar-refractivity contribution in [1.82, 2.24) is 24.1 Å². The summed E-state index contributed by atoms with van der Waals surface area (Å²) in [5.74, 6) is 1.87. The minimum absolute atomic E-state index is 0.619. The number of nitrogens with zero attached hydrogens (tertiary/aromatic N) is 5. The van der Waals surface area contributed by atoms with E-state index in [2.05, 4.69) is 215 Å². The summed E-state index contributed by atoms with van der Waals surface area (Å²) in [6.07, 6.45) is 0. The summed E-state index contributed by atoms with van der Waals surface area (Å²) in [6, 6.07) is 79.3. The highest BCUT2D eigenvalue weighted by Gasteiger charge is 2.19. The molecule has 0 spiro atoms. The van der Waals surface area contributed by atoms with Crippen molar-refractivity contribution in [2.45, 2.75) is 0 Å². The SMILES string of the molecule is c1ccc(-c2ccc3c(c2)c2cc(-c4nc(-c5ccccc5)nc(-c5ccc6c(c5)c5cc(-c7ccccc7)ccc5n6-c5ccccc5)n4)ccc2n3-c2ccccc2)cc1. The van der Waals surface area contributed by atoms with Crippen molar-refractivity contribution in [2.24, 2.45) is 0 Å². The number of hydrogen-bond donors (Lipinski definition) is 0. The molecule has 62 heavy (non-hydrogen) atoms. The molecule has 3 aromatic heterocycles. The molecule has 0 unspecified atom stereocenters.